The van der Waals surface area contributed by atoms with E-state index in [1.165, 1.54) is 12.1 Å². The molecule has 4 N–H and O–H groups in total. The Morgan fingerprint density at radius 2 is 1.67 bits per heavy atom. The Kier molecular flexibility index (Phi) is 4.20. The number of nitrogens with two attached hydrogens (primary N) is 1. The normalized spacial score (nSPS) is 10.5. The number of phenolic OH excluding ortho intramolecular Hbond substituents is 2. The molecule has 0 unspecified atom stereocenters. The van der Waals surface area contributed by atoms with Crippen molar-refractivity contribution in [1.29, 1.82) is 0 Å². The van der Waals surface area contributed by atoms with Crippen LogP contribution in [0.15, 0.2) is 54.9 Å². The molecule has 0 saturated carbocycles. The fourth-order valence-electron chi connectivity index (χ4n) is 2.45. The minimum absolute atomic E-state index is 0.127. The van der Waals surface area contributed by atoms with Gasteiger partial charge in [-0.25, -0.2) is 4.98 Å². The molecule has 0 aliphatic heterocycles. The monoisotopic (exact) mass is 322 g/mol. The van der Waals surface area contributed by atoms with Gasteiger partial charge in [0, 0.05) is 43.3 Å². The Morgan fingerprint density at radius 1 is 0.958 bits per heavy atom. The summed E-state index contributed by atoms with van der Waals surface area (Å²) in [6, 6.07) is 12.7. The van der Waals surface area contributed by atoms with Crippen molar-refractivity contribution < 1.29 is 10.2 Å². The van der Waals surface area contributed by atoms with Gasteiger partial charge in [-0.1, -0.05) is 24.3 Å². The van der Waals surface area contributed by atoms with Gasteiger partial charge < -0.3 is 20.8 Å². The number of hydrogen-bond donors (Lipinski definition) is 3. The number of aromatic nitrogens is 2. The highest BCUT2D eigenvalue weighted by atomic mass is 16.3. The largest absolute Gasteiger partial charge is 0.504 e. The van der Waals surface area contributed by atoms with Crippen molar-refractivity contribution in [3.8, 4) is 22.8 Å². The smallest absolute Gasteiger partial charge is 0.159 e. The van der Waals surface area contributed by atoms with Gasteiger partial charge >= 0.3 is 0 Å². The van der Waals surface area contributed by atoms with Crippen molar-refractivity contribution in [3.63, 3.8) is 0 Å². The van der Waals surface area contributed by atoms with Gasteiger partial charge in [0.1, 0.15) is 11.5 Å². The first-order chi connectivity index (χ1) is 11.5. The van der Waals surface area contributed by atoms with E-state index in [9.17, 15) is 10.2 Å². The number of nitrogens with zero attached hydrogens (tertiary/aromatic N) is 3. The average molecular weight is 322 g/mol. The molecule has 0 spiro atoms. The van der Waals surface area contributed by atoms with Crippen molar-refractivity contribution >= 4 is 11.5 Å². The molecule has 24 heavy (non-hydrogen) atoms. The van der Waals surface area contributed by atoms with Crippen LogP contribution in [-0.2, 0) is 6.54 Å². The second-order valence-corrected chi connectivity index (χ2v) is 5.52. The second kappa shape index (κ2) is 6.45. The van der Waals surface area contributed by atoms with E-state index in [4.69, 9.17) is 5.73 Å². The molecule has 0 saturated heterocycles. The van der Waals surface area contributed by atoms with E-state index in [2.05, 4.69) is 9.97 Å². The van der Waals surface area contributed by atoms with Crippen LogP contribution in [0.2, 0.25) is 0 Å². The van der Waals surface area contributed by atoms with E-state index in [1.54, 1.807) is 18.5 Å². The summed E-state index contributed by atoms with van der Waals surface area (Å²) in [7, 11) is 1.92. The zero-order valence-corrected chi connectivity index (χ0v) is 13.2. The van der Waals surface area contributed by atoms with Crippen LogP contribution in [0.5, 0.6) is 11.5 Å². The fraction of sp³-hybridized carbons (Fsp3) is 0.111. The first kappa shape index (κ1) is 15.6. The van der Waals surface area contributed by atoms with Crippen LogP contribution in [0.4, 0.5) is 11.5 Å². The molecule has 3 rings (SSSR count). The van der Waals surface area contributed by atoms with Crippen molar-refractivity contribution in [2.75, 3.05) is 17.7 Å². The van der Waals surface area contributed by atoms with Gasteiger partial charge in [0.05, 0.1) is 0 Å². The number of nitrogen functional groups attached to an aromatic ring is 1. The summed E-state index contributed by atoms with van der Waals surface area (Å²) >= 11 is 0. The van der Waals surface area contributed by atoms with Crippen molar-refractivity contribution in [2.45, 2.75) is 6.54 Å². The van der Waals surface area contributed by atoms with E-state index in [0.717, 1.165) is 16.8 Å². The molecule has 3 aromatic rings. The number of hydrogen-bond acceptors (Lipinski definition) is 6. The lowest BCUT2D eigenvalue weighted by Gasteiger charge is -2.20. The van der Waals surface area contributed by atoms with E-state index < -0.39 is 0 Å². The maximum absolute atomic E-state index is 9.60. The molecule has 0 fully saturated rings. The summed E-state index contributed by atoms with van der Waals surface area (Å²) in [5.41, 5.74) is 9.33. The molecule has 0 radical (unpaired) electrons. The number of phenols is 2. The van der Waals surface area contributed by atoms with E-state index >= 15 is 0 Å². The molecule has 0 aliphatic rings. The SMILES string of the molecule is CN(Cc1ccc(-c2nccnc2N)cc1)c1ccc(O)c(O)c1. The molecule has 122 valence electrons. The maximum Gasteiger partial charge on any atom is 0.159 e. The summed E-state index contributed by atoms with van der Waals surface area (Å²) in [6.07, 6.45) is 3.18. The summed E-state index contributed by atoms with van der Waals surface area (Å²) in [5.74, 6) is 0.146. The molecule has 0 aliphatic carbocycles. The van der Waals surface area contributed by atoms with Gasteiger partial charge in [-0.3, -0.25) is 4.98 Å². The molecule has 6 nitrogen and oxygen atoms in total. The summed E-state index contributed by atoms with van der Waals surface area (Å²) in [4.78, 5) is 10.3. The van der Waals surface area contributed by atoms with E-state index in [-0.39, 0.29) is 11.5 Å². The summed E-state index contributed by atoms with van der Waals surface area (Å²) in [6.45, 7) is 0.653. The molecule has 2 aromatic carbocycles. The molecule has 0 amide bonds. The van der Waals surface area contributed by atoms with Crippen molar-refractivity contribution in [3.05, 3.63) is 60.4 Å². The zero-order valence-electron chi connectivity index (χ0n) is 13.2. The third-order valence-corrected chi connectivity index (χ3v) is 3.77. The lowest BCUT2D eigenvalue weighted by atomic mass is 10.1. The molecule has 0 bridgehead atoms. The highest BCUT2D eigenvalue weighted by molar-refractivity contribution is 5.69. The maximum atomic E-state index is 9.60. The van der Waals surface area contributed by atoms with Crippen LogP contribution in [0, 0.1) is 0 Å². The van der Waals surface area contributed by atoms with E-state index in [0.29, 0.717) is 18.1 Å². The van der Waals surface area contributed by atoms with Crippen molar-refractivity contribution in [1.82, 2.24) is 9.97 Å². The third-order valence-electron chi connectivity index (χ3n) is 3.77. The topological polar surface area (TPSA) is 95.5 Å². The Balaban J connectivity index is 1.76. The molecule has 6 heteroatoms. The Hall–Kier alpha value is -3.28. The molecule has 1 heterocycles. The van der Waals surface area contributed by atoms with Crippen LogP contribution < -0.4 is 10.6 Å². The highest BCUT2D eigenvalue weighted by Crippen LogP contribution is 2.29. The Morgan fingerprint density at radius 3 is 2.33 bits per heavy atom. The Bertz CT molecular complexity index is 850. The fourth-order valence-corrected chi connectivity index (χ4v) is 2.45. The first-order valence-electron chi connectivity index (χ1n) is 7.43. The zero-order chi connectivity index (χ0) is 17.1. The standard InChI is InChI=1S/C18H18N4O2/c1-22(14-6-7-15(23)16(24)10-14)11-12-2-4-13(5-3-12)17-18(19)21-9-8-20-17/h2-10,23-24H,11H2,1H3,(H2,19,21). The van der Waals surface area contributed by atoms with Crippen LogP contribution in [0.25, 0.3) is 11.3 Å². The van der Waals surface area contributed by atoms with Gasteiger partial charge in [0.2, 0.25) is 0 Å². The molecular weight excluding hydrogens is 304 g/mol. The minimum atomic E-state index is -0.132. The lowest BCUT2D eigenvalue weighted by molar-refractivity contribution is 0.404. The number of anilines is 2. The van der Waals surface area contributed by atoms with Crippen molar-refractivity contribution in [2.24, 2.45) is 0 Å². The molecule has 0 atom stereocenters. The van der Waals surface area contributed by atoms with Crippen LogP contribution in [0.1, 0.15) is 5.56 Å². The van der Waals surface area contributed by atoms with Gasteiger partial charge in [0.25, 0.3) is 0 Å². The minimum Gasteiger partial charge on any atom is -0.504 e. The number of benzene rings is 2. The Labute approximate surface area is 139 Å². The van der Waals surface area contributed by atoms with Gasteiger partial charge in [-0.2, -0.15) is 0 Å². The number of aromatic hydroxyl groups is 2. The number of rotatable bonds is 4. The molecule has 1 aromatic heterocycles. The van der Waals surface area contributed by atoms with E-state index in [1.807, 2.05) is 36.2 Å². The predicted octanol–water partition coefficient (Wildman–Crippen LogP) is 2.77. The molecular formula is C18H18N4O2. The third kappa shape index (κ3) is 3.22. The van der Waals surface area contributed by atoms with Crippen LogP contribution in [-0.4, -0.2) is 27.2 Å². The van der Waals surface area contributed by atoms with Crippen LogP contribution >= 0.6 is 0 Å². The predicted molar refractivity (Wildman–Crippen MR) is 93.8 cm³/mol. The summed E-state index contributed by atoms with van der Waals surface area (Å²) < 4.78 is 0. The summed E-state index contributed by atoms with van der Waals surface area (Å²) in [5, 5.41) is 19.0. The lowest BCUT2D eigenvalue weighted by Crippen LogP contribution is -2.16. The second-order valence-electron chi connectivity index (χ2n) is 5.52. The highest BCUT2D eigenvalue weighted by Gasteiger charge is 2.08. The van der Waals surface area contributed by atoms with Gasteiger partial charge in [-0.05, 0) is 17.7 Å². The quantitative estimate of drug-likeness (QED) is 0.639. The average Bonchev–Trinajstić information content (AvgIpc) is 2.58. The first-order valence-corrected chi connectivity index (χ1v) is 7.43. The van der Waals surface area contributed by atoms with Gasteiger partial charge in [0.15, 0.2) is 11.5 Å². The van der Waals surface area contributed by atoms with Gasteiger partial charge in [-0.15, -0.1) is 0 Å². The van der Waals surface area contributed by atoms with Crippen LogP contribution in [0.3, 0.4) is 0 Å².